The van der Waals surface area contributed by atoms with E-state index in [-0.39, 0.29) is 0 Å². The first kappa shape index (κ1) is 21.5. The Kier molecular flexibility index (Phi) is 6.72. The van der Waals surface area contributed by atoms with Gasteiger partial charge >= 0.3 is 0 Å². The van der Waals surface area contributed by atoms with Crippen molar-refractivity contribution in [3.8, 4) is 11.3 Å². The number of aldehydes is 1. The number of rotatable bonds is 4. The van der Waals surface area contributed by atoms with Gasteiger partial charge in [0.2, 0.25) is 0 Å². The number of nitrogens with one attached hydrogen (secondary N) is 1. The Morgan fingerprint density at radius 1 is 1.09 bits per heavy atom. The molecule has 3 aromatic heterocycles. The van der Waals surface area contributed by atoms with Crippen molar-refractivity contribution in [3.63, 3.8) is 0 Å². The molecule has 1 fully saturated rings. The van der Waals surface area contributed by atoms with Crippen LogP contribution in [0.2, 0.25) is 0 Å². The monoisotopic (exact) mass is 430 g/mol. The zero-order valence-corrected chi connectivity index (χ0v) is 17.9. The Morgan fingerprint density at radius 3 is 2.50 bits per heavy atom. The summed E-state index contributed by atoms with van der Waals surface area (Å²) in [6.45, 7) is 1.51. The van der Waals surface area contributed by atoms with E-state index < -0.39 is 0 Å². The lowest BCUT2D eigenvalue weighted by molar-refractivity contribution is 0.0835. The van der Waals surface area contributed by atoms with Crippen molar-refractivity contribution < 1.29 is 9.53 Å². The molecule has 164 valence electrons. The number of carbonyl (C=O) groups is 1. The molecule has 1 aliphatic rings. The largest absolute Gasteiger partial charge is 0.382 e. The summed E-state index contributed by atoms with van der Waals surface area (Å²) < 4.78 is 7.51. The molecule has 0 radical (unpaired) electrons. The Bertz CT molecular complexity index is 1170. The number of ether oxygens (including phenoxy) is 1. The van der Waals surface area contributed by atoms with Crippen LogP contribution in [0.4, 0.5) is 11.6 Å². The van der Waals surface area contributed by atoms with Gasteiger partial charge in [-0.2, -0.15) is 0 Å². The normalized spacial score (nSPS) is 13.9. The number of hydrogen-bond donors (Lipinski definition) is 2. The molecule has 4 aromatic rings. The van der Waals surface area contributed by atoms with Crippen LogP contribution in [0.15, 0.2) is 61.1 Å². The van der Waals surface area contributed by atoms with Crippen LogP contribution < -0.4 is 11.1 Å². The predicted molar refractivity (Wildman–Crippen MR) is 125 cm³/mol. The first-order chi connectivity index (χ1) is 15.7. The van der Waals surface area contributed by atoms with E-state index >= 15 is 0 Å². The molecule has 0 saturated carbocycles. The lowest BCUT2D eigenvalue weighted by Crippen LogP contribution is -2.16. The van der Waals surface area contributed by atoms with Crippen LogP contribution in [0.1, 0.15) is 34.9 Å². The van der Waals surface area contributed by atoms with Gasteiger partial charge in [-0.25, -0.2) is 15.0 Å². The molecule has 5 rings (SSSR count). The number of nitrogens with two attached hydrogens (primary N) is 1. The number of anilines is 2. The molecule has 0 amide bonds. The number of benzene rings is 1. The molecule has 0 spiro atoms. The molecule has 0 aliphatic carbocycles. The molecule has 0 bridgehead atoms. The molecule has 8 nitrogen and oxygen atoms in total. The summed E-state index contributed by atoms with van der Waals surface area (Å²) in [6.07, 6.45) is 8.10. The van der Waals surface area contributed by atoms with Crippen LogP contribution in [0.5, 0.6) is 0 Å². The minimum absolute atomic E-state index is 0.344. The second kappa shape index (κ2) is 10.0. The maximum Gasteiger partial charge on any atom is 0.150 e. The summed E-state index contributed by atoms with van der Waals surface area (Å²) in [4.78, 5) is 24.0. The van der Waals surface area contributed by atoms with E-state index in [4.69, 9.17) is 15.5 Å². The van der Waals surface area contributed by atoms with Crippen LogP contribution >= 0.6 is 0 Å². The maximum atomic E-state index is 10.9. The highest BCUT2D eigenvalue weighted by molar-refractivity contribution is 5.86. The summed E-state index contributed by atoms with van der Waals surface area (Å²) in [5.74, 6) is 2.71. The van der Waals surface area contributed by atoms with Crippen molar-refractivity contribution in [1.29, 1.82) is 0 Å². The van der Waals surface area contributed by atoms with Crippen molar-refractivity contribution in [3.05, 3.63) is 72.4 Å². The van der Waals surface area contributed by atoms with E-state index in [1.165, 1.54) is 0 Å². The molecule has 1 aliphatic heterocycles. The van der Waals surface area contributed by atoms with Crippen molar-refractivity contribution >= 4 is 23.4 Å². The number of fused-ring (bicyclic) bond motifs is 1. The van der Waals surface area contributed by atoms with E-state index in [0.717, 1.165) is 60.8 Å². The third-order valence-electron chi connectivity index (χ3n) is 5.44. The molecular weight excluding hydrogens is 404 g/mol. The van der Waals surface area contributed by atoms with Gasteiger partial charge in [-0.05, 0) is 25.0 Å². The first-order valence-corrected chi connectivity index (χ1v) is 10.6. The number of carbonyl (C=O) groups excluding carboxylic acids is 1. The van der Waals surface area contributed by atoms with E-state index in [1.807, 2.05) is 48.0 Å². The zero-order chi connectivity index (χ0) is 22.3. The highest BCUT2D eigenvalue weighted by Gasteiger charge is 2.24. The summed E-state index contributed by atoms with van der Waals surface area (Å²) in [5, 5.41) is 2.92. The summed E-state index contributed by atoms with van der Waals surface area (Å²) in [7, 11) is 1.85. The van der Waals surface area contributed by atoms with Gasteiger partial charge in [0, 0.05) is 55.9 Å². The minimum atomic E-state index is 0.344. The number of nitrogens with zero attached hydrogens (tertiary/aromatic N) is 4. The molecule has 1 aromatic carbocycles. The second-order valence-corrected chi connectivity index (χ2v) is 7.44. The average molecular weight is 431 g/mol. The van der Waals surface area contributed by atoms with Crippen LogP contribution in [0, 0.1) is 0 Å². The molecule has 3 N–H and O–H groups in total. The fourth-order valence-electron chi connectivity index (χ4n) is 3.76. The second-order valence-electron chi connectivity index (χ2n) is 7.44. The molecular formula is C24H26N6O2. The van der Waals surface area contributed by atoms with Gasteiger partial charge in [-0.3, -0.25) is 9.20 Å². The van der Waals surface area contributed by atoms with Gasteiger partial charge < -0.3 is 15.8 Å². The fraction of sp³-hybridized carbons (Fsp3) is 0.250. The molecule has 0 atom stereocenters. The van der Waals surface area contributed by atoms with Gasteiger partial charge in [0.25, 0.3) is 0 Å². The highest BCUT2D eigenvalue weighted by Crippen LogP contribution is 2.33. The lowest BCUT2D eigenvalue weighted by atomic mass is 9.99. The van der Waals surface area contributed by atoms with Gasteiger partial charge in [-0.1, -0.05) is 30.3 Å². The smallest absolute Gasteiger partial charge is 0.150 e. The van der Waals surface area contributed by atoms with E-state index in [0.29, 0.717) is 17.3 Å². The van der Waals surface area contributed by atoms with Gasteiger partial charge in [-0.15, -0.1) is 0 Å². The zero-order valence-electron chi connectivity index (χ0n) is 17.9. The highest BCUT2D eigenvalue weighted by atomic mass is 16.5. The topological polar surface area (TPSA) is 107 Å². The Hall–Kier alpha value is -3.78. The first-order valence-electron chi connectivity index (χ1n) is 10.6. The van der Waals surface area contributed by atoms with Crippen LogP contribution in [-0.2, 0) is 4.74 Å². The summed E-state index contributed by atoms with van der Waals surface area (Å²) in [5.41, 5.74) is 9.33. The minimum Gasteiger partial charge on any atom is -0.382 e. The van der Waals surface area contributed by atoms with Gasteiger partial charge in [0.15, 0.2) is 0 Å². The van der Waals surface area contributed by atoms with Crippen LogP contribution in [0.3, 0.4) is 0 Å². The molecule has 32 heavy (non-hydrogen) atoms. The van der Waals surface area contributed by atoms with Crippen molar-refractivity contribution in [2.24, 2.45) is 0 Å². The standard InChI is InChI=1S/C18H18N4O2.C6H8N2/c19-17-16-15(13-3-1-12(11-23)2-4-13)21-18(22(16)8-7-20-17)14-5-9-24-10-6-14;1-7-6-4-2-3-5-8-6/h1-4,7-8,11,14H,5-6,9-10H2,(H2,19,20);2-5H,1H3,(H,7,8). The molecule has 4 heterocycles. The Labute approximate surface area is 186 Å². The third kappa shape index (κ3) is 4.60. The van der Waals surface area contributed by atoms with Crippen molar-refractivity contribution in [1.82, 2.24) is 19.4 Å². The number of nitrogen functional groups attached to an aromatic ring is 1. The number of hydrogen-bond acceptors (Lipinski definition) is 7. The van der Waals surface area contributed by atoms with E-state index in [9.17, 15) is 4.79 Å². The average Bonchev–Trinajstić information content (AvgIpc) is 3.26. The van der Waals surface area contributed by atoms with Crippen molar-refractivity contribution in [2.75, 3.05) is 31.3 Å². The van der Waals surface area contributed by atoms with Gasteiger partial charge in [0.1, 0.15) is 35.0 Å². The summed E-state index contributed by atoms with van der Waals surface area (Å²) >= 11 is 0. The number of aromatic nitrogens is 4. The van der Waals surface area contributed by atoms with Crippen LogP contribution in [0.25, 0.3) is 16.8 Å². The van der Waals surface area contributed by atoms with E-state index in [1.54, 1.807) is 24.5 Å². The predicted octanol–water partition coefficient (Wildman–Crippen LogP) is 3.81. The van der Waals surface area contributed by atoms with Crippen LogP contribution in [-0.4, -0.2) is 45.9 Å². The Balaban J connectivity index is 0.000000260. The molecule has 1 saturated heterocycles. The SMILES string of the molecule is CNc1ccccn1.Nc1nccn2c(C3CCOCC3)nc(-c3ccc(C=O)cc3)c12. The maximum absolute atomic E-state index is 10.9. The fourth-order valence-corrected chi connectivity index (χ4v) is 3.76. The molecule has 8 heteroatoms. The third-order valence-corrected chi connectivity index (χ3v) is 5.44. The number of imidazole rings is 1. The number of pyridine rings is 1. The quantitative estimate of drug-likeness (QED) is 0.474. The summed E-state index contributed by atoms with van der Waals surface area (Å²) in [6, 6.07) is 13.1. The molecule has 0 unspecified atom stereocenters. The lowest BCUT2D eigenvalue weighted by Gasteiger charge is -2.20. The van der Waals surface area contributed by atoms with E-state index in [2.05, 4.69) is 15.3 Å². The van der Waals surface area contributed by atoms with Gasteiger partial charge in [0.05, 0.1) is 0 Å². The van der Waals surface area contributed by atoms with Crippen molar-refractivity contribution in [2.45, 2.75) is 18.8 Å². The Morgan fingerprint density at radius 2 is 1.88 bits per heavy atom.